The third-order valence-corrected chi connectivity index (χ3v) is 4.02. The molecule has 2 aromatic rings. The number of nitrogens with one attached hydrogen (secondary N) is 2. The van der Waals surface area contributed by atoms with E-state index in [0.717, 1.165) is 34.4 Å². The van der Waals surface area contributed by atoms with Gasteiger partial charge in [0.05, 0.1) is 0 Å². The second-order valence-corrected chi connectivity index (χ2v) is 6.03. The van der Waals surface area contributed by atoms with Crippen molar-refractivity contribution in [1.82, 2.24) is 10.3 Å². The zero-order valence-electron chi connectivity index (χ0n) is 11.4. The molecule has 1 atom stereocenters. The van der Waals surface area contributed by atoms with Crippen molar-refractivity contribution in [1.29, 1.82) is 0 Å². The van der Waals surface area contributed by atoms with Crippen LogP contribution in [0, 0.1) is 0 Å². The van der Waals surface area contributed by atoms with Gasteiger partial charge in [0.2, 0.25) is 0 Å². The summed E-state index contributed by atoms with van der Waals surface area (Å²) < 4.78 is 0. The molecule has 1 amide bonds. The highest BCUT2D eigenvalue weighted by molar-refractivity contribution is 7.99. The molecule has 1 unspecified atom stereocenters. The third kappa shape index (κ3) is 3.77. The lowest BCUT2D eigenvalue weighted by atomic mass is 10.1. The first-order valence-corrected chi connectivity index (χ1v) is 7.82. The predicted octanol–water partition coefficient (Wildman–Crippen LogP) is 3.43. The van der Waals surface area contributed by atoms with Crippen LogP contribution in [0.25, 0.3) is 10.9 Å². The average molecular weight is 276 g/mol. The third-order valence-electron chi connectivity index (χ3n) is 3.09. The molecule has 2 rings (SSSR count). The topological polar surface area (TPSA) is 44.9 Å². The Morgan fingerprint density at radius 2 is 2.26 bits per heavy atom. The van der Waals surface area contributed by atoms with E-state index < -0.39 is 0 Å². The fourth-order valence-corrected chi connectivity index (χ4v) is 2.79. The zero-order chi connectivity index (χ0) is 13.7. The largest absolute Gasteiger partial charge is 0.361 e. The van der Waals surface area contributed by atoms with E-state index in [4.69, 9.17) is 0 Å². The molecule has 2 N–H and O–H groups in total. The molecule has 3 nitrogen and oxygen atoms in total. The number of benzene rings is 1. The molecule has 0 spiro atoms. The van der Waals surface area contributed by atoms with Gasteiger partial charge in [-0.2, -0.15) is 11.8 Å². The molecule has 0 aliphatic carbocycles. The normalized spacial score (nSPS) is 12.5. The summed E-state index contributed by atoms with van der Waals surface area (Å²) in [5.74, 6) is 2.23. The van der Waals surface area contributed by atoms with Gasteiger partial charge in [0.1, 0.15) is 0 Å². The van der Waals surface area contributed by atoms with E-state index in [1.54, 1.807) is 0 Å². The van der Waals surface area contributed by atoms with E-state index in [-0.39, 0.29) is 11.9 Å². The fraction of sp³-hybridized carbons (Fsp3) is 0.400. The van der Waals surface area contributed by atoms with Crippen LogP contribution in [-0.2, 0) is 0 Å². The lowest BCUT2D eigenvalue weighted by Gasteiger charge is -2.13. The number of fused-ring (bicyclic) bond motifs is 1. The van der Waals surface area contributed by atoms with Gasteiger partial charge in [0.25, 0.3) is 5.91 Å². The van der Waals surface area contributed by atoms with Gasteiger partial charge in [-0.3, -0.25) is 4.79 Å². The number of hydrogen-bond donors (Lipinski definition) is 2. The molecule has 1 heterocycles. The van der Waals surface area contributed by atoms with Crippen LogP contribution in [0.4, 0.5) is 0 Å². The Bertz CT molecular complexity index is 550. The van der Waals surface area contributed by atoms with E-state index in [0.29, 0.717) is 0 Å². The Kier molecular flexibility index (Phi) is 4.91. The summed E-state index contributed by atoms with van der Waals surface area (Å²) >= 11 is 1.91. The summed E-state index contributed by atoms with van der Waals surface area (Å²) in [6.07, 6.45) is 2.90. The molecule has 4 heteroatoms. The molecule has 102 valence electrons. The zero-order valence-corrected chi connectivity index (χ0v) is 12.2. The van der Waals surface area contributed by atoms with Gasteiger partial charge < -0.3 is 10.3 Å². The maximum atomic E-state index is 12.1. The first-order chi connectivity index (χ1) is 9.20. The molecule has 0 radical (unpaired) electrons. The highest BCUT2D eigenvalue weighted by atomic mass is 32.2. The number of carbonyl (C=O) groups is 1. The van der Waals surface area contributed by atoms with E-state index in [9.17, 15) is 4.79 Å². The smallest absolute Gasteiger partial charge is 0.251 e. The van der Waals surface area contributed by atoms with Crippen LogP contribution in [0.3, 0.4) is 0 Å². The van der Waals surface area contributed by atoms with Crippen LogP contribution < -0.4 is 5.32 Å². The van der Waals surface area contributed by atoms with Crippen molar-refractivity contribution >= 4 is 28.6 Å². The minimum atomic E-state index is 0.0112. The Morgan fingerprint density at radius 1 is 1.42 bits per heavy atom. The maximum Gasteiger partial charge on any atom is 0.251 e. The number of rotatable bonds is 6. The number of hydrogen-bond acceptors (Lipinski definition) is 2. The standard InChI is InChI=1S/C15H20N2OS/c1-3-19-9-7-11(2)17-15(18)13-4-5-14-12(10-13)6-8-16-14/h4-6,8,10-11,16H,3,7,9H2,1-2H3,(H,17,18). The molecule has 0 bridgehead atoms. The van der Waals surface area contributed by atoms with Crippen LogP contribution in [0.5, 0.6) is 0 Å². The summed E-state index contributed by atoms with van der Waals surface area (Å²) in [5, 5.41) is 4.12. The summed E-state index contributed by atoms with van der Waals surface area (Å²) in [5.41, 5.74) is 1.78. The summed E-state index contributed by atoms with van der Waals surface area (Å²) in [7, 11) is 0. The summed E-state index contributed by atoms with van der Waals surface area (Å²) in [6.45, 7) is 4.21. The Labute approximate surface area is 118 Å². The van der Waals surface area contributed by atoms with Crippen molar-refractivity contribution in [3.8, 4) is 0 Å². The van der Waals surface area contributed by atoms with Gasteiger partial charge in [-0.25, -0.2) is 0 Å². The van der Waals surface area contributed by atoms with Crippen LogP contribution in [0.1, 0.15) is 30.6 Å². The predicted molar refractivity (Wildman–Crippen MR) is 82.8 cm³/mol. The summed E-state index contributed by atoms with van der Waals surface area (Å²) in [4.78, 5) is 15.3. The van der Waals surface area contributed by atoms with Gasteiger partial charge in [-0.1, -0.05) is 6.92 Å². The molecule has 0 aliphatic rings. The Balaban J connectivity index is 1.95. The van der Waals surface area contributed by atoms with Gasteiger partial charge in [0.15, 0.2) is 0 Å². The second kappa shape index (κ2) is 6.66. The molecule has 0 fully saturated rings. The lowest BCUT2D eigenvalue weighted by Crippen LogP contribution is -2.32. The SMILES string of the molecule is CCSCCC(C)NC(=O)c1ccc2[nH]ccc2c1. The van der Waals surface area contributed by atoms with Gasteiger partial charge in [-0.15, -0.1) is 0 Å². The van der Waals surface area contributed by atoms with E-state index in [1.807, 2.05) is 42.2 Å². The molecule has 1 aromatic heterocycles. The number of aromatic amines is 1. The number of carbonyl (C=O) groups excluding carboxylic acids is 1. The van der Waals surface area contributed by atoms with Crippen LogP contribution >= 0.6 is 11.8 Å². The van der Waals surface area contributed by atoms with Gasteiger partial charge >= 0.3 is 0 Å². The molecule has 0 saturated carbocycles. The number of amides is 1. The average Bonchev–Trinajstić information content (AvgIpc) is 2.86. The molecule has 0 saturated heterocycles. The quantitative estimate of drug-likeness (QED) is 0.794. The van der Waals surface area contributed by atoms with E-state index >= 15 is 0 Å². The molecule has 0 aliphatic heterocycles. The first-order valence-electron chi connectivity index (χ1n) is 6.66. The molecule has 19 heavy (non-hydrogen) atoms. The highest BCUT2D eigenvalue weighted by Gasteiger charge is 2.10. The van der Waals surface area contributed by atoms with Crippen LogP contribution in [-0.4, -0.2) is 28.4 Å². The van der Waals surface area contributed by atoms with Crippen molar-refractivity contribution in [2.45, 2.75) is 26.3 Å². The maximum absolute atomic E-state index is 12.1. The van der Waals surface area contributed by atoms with Crippen LogP contribution in [0.2, 0.25) is 0 Å². The second-order valence-electron chi connectivity index (χ2n) is 4.64. The van der Waals surface area contributed by atoms with Crippen molar-refractivity contribution < 1.29 is 4.79 Å². The number of thioether (sulfide) groups is 1. The van der Waals surface area contributed by atoms with Crippen molar-refractivity contribution in [3.05, 3.63) is 36.0 Å². The lowest BCUT2D eigenvalue weighted by molar-refractivity contribution is 0.0939. The molecule has 1 aromatic carbocycles. The van der Waals surface area contributed by atoms with Gasteiger partial charge in [0, 0.05) is 28.7 Å². The minimum Gasteiger partial charge on any atom is -0.361 e. The van der Waals surface area contributed by atoms with Crippen LogP contribution in [0.15, 0.2) is 30.5 Å². The Morgan fingerprint density at radius 3 is 3.05 bits per heavy atom. The molecular weight excluding hydrogens is 256 g/mol. The van der Waals surface area contributed by atoms with Gasteiger partial charge in [-0.05, 0) is 49.1 Å². The first kappa shape index (κ1) is 14.0. The van der Waals surface area contributed by atoms with E-state index in [2.05, 4.69) is 24.1 Å². The minimum absolute atomic E-state index is 0.0112. The van der Waals surface area contributed by atoms with Crippen molar-refractivity contribution in [2.24, 2.45) is 0 Å². The van der Waals surface area contributed by atoms with Crippen molar-refractivity contribution in [2.75, 3.05) is 11.5 Å². The highest BCUT2D eigenvalue weighted by Crippen LogP contribution is 2.14. The Hall–Kier alpha value is -1.42. The monoisotopic (exact) mass is 276 g/mol. The molecular formula is C15H20N2OS. The fourth-order valence-electron chi connectivity index (χ4n) is 1.98. The van der Waals surface area contributed by atoms with Crippen molar-refractivity contribution in [3.63, 3.8) is 0 Å². The number of aromatic nitrogens is 1. The number of H-pyrrole nitrogens is 1. The summed E-state index contributed by atoms with van der Waals surface area (Å²) in [6, 6.07) is 7.93. The van der Waals surface area contributed by atoms with E-state index in [1.165, 1.54) is 0 Å².